The van der Waals surface area contributed by atoms with Gasteiger partial charge in [-0.05, 0) is 111 Å². The second-order valence-corrected chi connectivity index (χ2v) is 19.4. The lowest BCUT2D eigenvalue weighted by Gasteiger charge is -2.36. The van der Waals surface area contributed by atoms with E-state index in [1.807, 2.05) is 0 Å². The Hall–Kier alpha value is -6.98. The van der Waals surface area contributed by atoms with Crippen LogP contribution in [0.1, 0.15) is 52.7 Å². The van der Waals surface area contributed by atoms with Gasteiger partial charge < -0.3 is 18.4 Å². The minimum atomic E-state index is -0.0929. The smallest absolute Gasteiger partial charge is 0.256 e. The van der Waals surface area contributed by atoms with Crippen molar-refractivity contribution in [1.29, 1.82) is 0 Å². The largest absolute Gasteiger partial charge is 0.458 e. The number of hydrogen-bond acceptors (Lipinski definition) is 1. The SMILES string of the molecule is CC(C)(C)c1ccc2c(c1)Oc1cc(C(C)(C)C)cc3c1B2c1cc(-n2c4ccccc4c4ccccc42)cc2c4cc(-n5c6ccccc6c6ccccc65)ccc4n-3c12. The summed E-state index contributed by atoms with van der Waals surface area (Å²) in [6, 6.07) is 59.2. The molecule has 0 aliphatic carbocycles. The number of rotatable bonds is 2. The molecule has 5 heterocycles. The van der Waals surface area contributed by atoms with Crippen molar-refractivity contribution < 1.29 is 4.74 Å². The number of fused-ring (bicyclic) bond motifs is 13. The van der Waals surface area contributed by atoms with E-state index in [0.717, 1.165) is 22.9 Å². The van der Waals surface area contributed by atoms with Crippen molar-refractivity contribution in [1.82, 2.24) is 13.7 Å². The highest BCUT2D eigenvalue weighted by Gasteiger charge is 2.42. The summed E-state index contributed by atoms with van der Waals surface area (Å²) in [7, 11) is 0. The molecule has 0 saturated carbocycles. The van der Waals surface area contributed by atoms with Crippen molar-refractivity contribution in [3.8, 4) is 28.6 Å². The molecule has 292 valence electrons. The summed E-state index contributed by atoms with van der Waals surface area (Å²) in [5, 5.41) is 7.53. The Morgan fingerprint density at radius 3 is 1.48 bits per heavy atom. The molecule has 0 fully saturated rings. The zero-order valence-corrected chi connectivity index (χ0v) is 35.3. The van der Waals surface area contributed by atoms with Crippen molar-refractivity contribution in [2.75, 3.05) is 0 Å². The fourth-order valence-electron chi connectivity index (χ4n) is 10.8. The van der Waals surface area contributed by atoms with E-state index in [9.17, 15) is 0 Å². The molecule has 5 heteroatoms. The fourth-order valence-corrected chi connectivity index (χ4v) is 10.8. The monoisotopic (exact) mass is 785 g/mol. The second kappa shape index (κ2) is 11.9. The average molecular weight is 786 g/mol. The van der Waals surface area contributed by atoms with Gasteiger partial charge in [-0.15, -0.1) is 0 Å². The molecule has 11 aromatic rings. The average Bonchev–Trinajstić information content (AvgIpc) is 3.90. The summed E-state index contributed by atoms with van der Waals surface area (Å²) in [4.78, 5) is 0. The zero-order valence-electron chi connectivity index (χ0n) is 35.3. The Morgan fingerprint density at radius 1 is 0.393 bits per heavy atom. The minimum Gasteiger partial charge on any atom is -0.458 e. The van der Waals surface area contributed by atoms with Crippen LogP contribution in [-0.2, 0) is 10.8 Å². The Balaban J connectivity index is 1.20. The third-order valence-corrected chi connectivity index (χ3v) is 13.8. The maximum Gasteiger partial charge on any atom is 0.256 e. The van der Waals surface area contributed by atoms with E-state index < -0.39 is 0 Å². The molecule has 0 unspecified atom stereocenters. The summed E-state index contributed by atoms with van der Waals surface area (Å²) in [5.41, 5.74) is 17.0. The van der Waals surface area contributed by atoms with Crippen LogP contribution in [0, 0.1) is 0 Å². The molecule has 4 nitrogen and oxygen atoms in total. The Labute approximate surface area is 355 Å². The van der Waals surface area contributed by atoms with E-state index in [1.165, 1.54) is 98.6 Å². The molecule has 61 heavy (non-hydrogen) atoms. The molecule has 0 bridgehead atoms. The Bertz CT molecular complexity index is 3610. The quantitative estimate of drug-likeness (QED) is 0.160. The molecule has 0 radical (unpaired) electrons. The molecule has 0 spiro atoms. The standard InChI is InChI=1S/C56H44BN3O/c1-55(2,3)33-23-25-43-51(28-33)61-52-29-34(56(4,5)6)27-50-53(52)57(43)44-32-36(59-47-21-13-9-17-39(47)40-18-10-14-22-48(40)59)31-42-41-30-35(24-26-49(41)60(50)54(42)44)58-45-19-11-7-15-37(45)38-16-8-12-20-46(38)58/h7-32H,1-6H3. The molecule has 13 rings (SSSR count). The van der Waals surface area contributed by atoms with E-state index >= 15 is 0 Å². The highest BCUT2D eigenvalue weighted by atomic mass is 16.5. The summed E-state index contributed by atoms with van der Waals surface area (Å²) in [5.74, 6) is 1.91. The Kier molecular flexibility index (Phi) is 6.77. The second-order valence-electron chi connectivity index (χ2n) is 19.4. The minimum absolute atomic E-state index is 0.0200. The van der Waals surface area contributed by atoms with Crippen molar-refractivity contribution in [3.63, 3.8) is 0 Å². The van der Waals surface area contributed by atoms with E-state index in [-0.39, 0.29) is 17.5 Å². The van der Waals surface area contributed by atoms with Crippen molar-refractivity contribution in [2.45, 2.75) is 52.4 Å². The third kappa shape index (κ3) is 4.72. The molecule has 2 aliphatic rings. The fraction of sp³-hybridized carbons (Fsp3) is 0.143. The first-order chi connectivity index (χ1) is 29.5. The van der Waals surface area contributed by atoms with Crippen LogP contribution in [-0.4, -0.2) is 20.4 Å². The molecule has 0 amide bonds. The van der Waals surface area contributed by atoms with Gasteiger partial charge in [0.15, 0.2) is 0 Å². The van der Waals surface area contributed by atoms with Crippen LogP contribution >= 0.6 is 0 Å². The highest BCUT2D eigenvalue weighted by Crippen LogP contribution is 2.43. The molecule has 2 aliphatic heterocycles. The van der Waals surface area contributed by atoms with Crippen LogP contribution in [0.15, 0.2) is 158 Å². The maximum atomic E-state index is 7.14. The van der Waals surface area contributed by atoms with Crippen LogP contribution in [0.5, 0.6) is 11.5 Å². The predicted molar refractivity (Wildman–Crippen MR) is 258 cm³/mol. The number of nitrogens with zero attached hydrogens (tertiary/aromatic N) is 3. The highest BCUT2D eigenvalue weighted by molar-refractivity contribution is 6.99. The zero-order chi connectivity index (χ0) is 41.1. The molecule has 3 aromatic heterocycles. The van der Waals surface area contributed by atoms with Gasteiger partial charge in [0.25, 0.3) is 6.71 Å². The van der Waals surface area contributed by atoms with Gasteiger partial charge in [0.1, 0.15) is 11.5 Å². The molecule has 8 aromatic carbocycles. The maximum absolute atomic E-state index is 7.14. The van der Waals surface area contributed by atoms with Crippen molar-refractivity contribution in [2.24, 2.45) is 0 Å². The van der Waals surface area contributed by atoms with E-state index in [2.05, 4.69) is 213 Å². The number of aromatic nitrogens is 3. The third-order valence-electron chi connectivity index (χ3n) is 13.8. The first-order valence-corrected chi connectivity index (χ1v) is 21.6. The van der Waals surface area contributed by atoms with Crippen LogP contribution < -0.4 is 21.1 Å². The number of para-hydroxylation sites is 4. The van der Waals surface area contributed by atoms with Crippen LogP contribution in [0.2, 0.25) is 0 Å². The lowest BCUT2D eigenvalue weighted by atomic mass is 9.34. The first-order valence-electron chi connectivity index (χ1n) is 21.6. The van der Waals surface area contributed by atoms with Gasteiger partial charge >= 0.3 is 0 Å². The lowest BCUT2D eigenvalue weighted by molar-refractivity contribution is 0.479. The van der Waals surface area contributed by atoms with Crippen molar-refractivity contribution in [3.05, 3.63) is 169 Å². The van der Waals surface area contributed by atoms with Gasteiger partial charge in [0.2, 0.25) is 0 Å². The van der Waals surface area contributed by atoms with E-state index in [0.29, 0.717) is 0 Å². The van der Waals surface area contributed by atoms with Crippen LogP contribution in [0.25, 0.3) is 82.5 Å². The van der Waals surface area contributed by atoms with Crippen LogP contribution in [0.4, 0.5) is 0 Å². The van der Waals surface area contributed by atoms with Gasteiger partial charge in [0, 0.05) is 54.9 Å². The van der Waals surface area contributed by atoms with Gasteiger partial charge in [-0.25, -0.2) is 0 Å². The summed E-state index contributed by atoms with van der Waals surface area (Å²) in [6.07, 6.45) is 0. The Morgan fingerprint density at radius 2 is 0.902 bits per heavy atom. The summed E-state index contributed by atoms with van der Waals surface area (Å²) in [6.45, 7) is 13.8. The van der Waals surface area contributed by atoms with E-state index in [1.54, 1.807) is 0 Å². The normalized spacial score (nSPS) is 13.5. The summed E-state index contributed by atoms with van der Waals surface area (Å²) >= 11 is 0. The van der Waals surface area contributed by atoms with Crippen molar-refractivity contribution >= 4 is 88.5 Å². The number of hydrogen-bond donors (Lipinski definition) is 0. The predicted octanol–water partition coefficient (Wildman–Crippen LogP) is 12.5. The molecular weight excluding hydrogens is 741 g/mol. The molecule has 0 N–H and O–H groups in total. The van der Waals surface area contributed by atoms with E-state index in [4.69, 9.17) is 4.74 Å². The molecule has 0 atom stereocenters. The molecular formula is C56H44BN3O. The van der Waals surface area contributed by atoms with Gasteiger partial charge in [0.05, 0.1) is 27.6 Å². The number of benzene rings is 8. The van der Waals surface area contributed by atoms with Gasteiger partial charge in [-0.1, -0.05) is 126 Å². The lowest BCUT2D eigenvalue weighted by Crippen LogP contribution is -2.58. The van der Waals surface area contributed by atoms with Gasteiger partial charge in [-0.2, -0.15) is 0 Å². The topological polar surface area (TPSA) is 24.0 Å². The molecule has 0 saturated heterocycles. The summed E-state index contributed by atoms with van der Waals surface area (Å²) < 4.78 is 14.6. The first kappa shape index (κ1) is 34.8. The number of ether oxygens (including phenoxy) is 1. The van der Waals surface area contributed by atoms with Crippen LogP contribution in [0.3, 0.4) is 0 Å². The van der Waals surface area contributed by atoms with Gasteiger partial charge in [-0.3, -0.25) is 0 Å².